The first-order chi connectivity index (χ1) is 11.0. The number of hydrogen-bond acceptors (Lipinski definition) is 3. The molecule has 1 fully saturated rings. The lowest BCUT2D eigenvalue weighted by atomic mass is 9.96. The topological polar surface area (TPSA) is 62.2 Å². The molecule has 0 saturated heterocycles. The Labute approximate surface area is 136 Å². The number of aromatic nitrogens is 1. The van der Waals surface area contributed by atoms with E-state index in [2.05, 4.69) is 17.2 Å². The van der Waals surface area contributed by atoms with Crippen LogP contribution in [0.25, 0.3) is 10.9 Å². The van der Waals surface area contributed by atoms with E-state index in [0.29, 0.717) is 6.42 Å². The molecule has 1 aromatic heterocycles. The quantitative estimate of drug-likeness (QED) is 0.912. The zero-order valence-electron chi connectivity index (χ0n) is 13.9. The molecule has 0 unspecified atom stereocenters. The zero-order chi connectivity index (χ0) is 16.4. The Balaban J connectivity index is 1.85. The first-order valence-electron chi connectivity index (χ1n) is 8.31. The average Bonchev–Trinajstić information content (AvgIpc) is 3.00. The summed E-state index contributed by atoms with van der Waals surface area (Å²) in [6.07, 6.45) is 4.18. The van der Waals surface area contributed by atoms with E-state index < -0.39 is 5.54 Å². The van der Waals surface area contributed by atoms with Crippen molar-refractivity contribution in [1.82, 2.24) is 10.3 Å². The number of para-hydroxylation sites is 1. The van der Waals surface area contributed by atoms with Crippen LogP contribution in [0.5, 0.6) is 0 Å². The molecule has 3 rings (SSSR count). The predicted octanol–water partition coefficient (Wildman–Crippen LogP) is 2.82. The van der Waals surface area contributed by atoms with Crippen molar-refractivity contribution in [3.8, 4) is 0 Å². The normalized spacial score (nSPS) is 16.7. The number of pyridine rings is 1. The highest BCUT2D eigenvalue weighted by Gasteiger charge is 2.34. The van der Waals surface area contributed by atoms with E-state index in [4.69, 9.17) is 0 Å². The molecule has 1 aliphatic carbocycles. The van der Waals surface area contributed by atoms with E-state index in [1.807, 2.05) is 31.2 Å². The van der Waals surface area contributed by atoms with Gasteiger partial charge in [0.15, 0.2) is 0 Å². The summed E-state index contributed by atoms with van der Waals surface area (Å²) < 4.78 is 0. The third-order valence-electron chi connectivity index (χ3n) is 5.09. The van der Waals surface area contributed by atoms with E-state index in [-0.39, 0.29) is 12.5 Å². The molecule has 0 spiro atoms. The second-order valence-corrected chi connectivity index (χ2v) is 6.69. The number of carbonyl (C=O) groups is 1. The molecule has 0 bridgehead atoms. The molecule has 1 saturated carbocycles. The Kier molecular flexibility index (Phi) is 4.35. The minimum atomic E-state index is -0.414. The van der Waals surface area contributed by atoms with E-state index in [1.54, 1.807) is 0 Å². The molecule has 0 radical (unpaired) electrons. The molecule has 2 aromatic rings. The highest BCUT2D eigenvalue weighted by Crippen LogP contribution is 2.29. The van der Waals surface area contributed by atoms with Gasteiger partial charge >= 0.3 is 0 Å². The number of rotatable bonds is 4. The minimum Gasteiger partial charge on any atom is -0.394 e. The predicted molar refractivity (Wildman–Crippen MR) is 91.3 cm³/mol. The minimum absolute atomic E-state index is 0.0205. The monoisotopic (exact) mass is 312 g/mol. The number of nitrogens with zero attached hydrogens (tertiary/aromatic N) is 1. The van der Waals surface area contributed by atoms with Crippen LogP contribution in [0.4, 0.5) is 0 Å². The van der Waals surface area contributed by atoms with E-state index in [0.717, 1.165) is 53.4 Å². The van der Waals surface area contributed by atoms with Crippen molar-refractivity contribution in [1.29, 1.82) is 0 Å². The summed E-state index contributed by atoms with van der Waals surface area (Å²) in [5.74, 6) is -0.0239. The largest absolute Gasteiger partial charge is 0.394 e. The van der Waals surface area contributed by atoms with E-state index in [1.165, 1.54) is 0 Å². The number of hydrogen-bond donors (Lipinski definition) is 2. The third-order valence-corrected chi connectivity index (χ3v) is 5.09. The summed E-state index contributed by atoms with van der Waals surface area (Å²) in [6.45, 7) is 4.03. The zero-order valence-corrected chi connectivity index (χ0v) is 13.9. The highest BCUT2D eigenvalue weighted by atomic mass is 16.3. The number of nitrogens with one attached hydrogen (secondary N) is 1. The Morgan fingerprint density at radius 1 is 1.26 bits per heavy atom. The Hall–Kier alpha value is -1.94. The molecule has 4 nitrogen and oxygen atoms in total. The van der Waals surface area contributed by atoms with Gasteiger partial charge in [0.05, 0.1) is 24.1 Å². The Morgan fingerprint density at radius 2 is 1.96 bits per heavy atom. The summed E-state index contributed by atoms with van der Waals surface area (Å²) in [4.78, 5) is 17.2. The van der Waals surface area contributed by atoms with Crippen LogP contribution in [0.2, 0.25) is 0 Å². The van der Waals surface area contributed by atoms with Crippen LogP contribution in [0, 0.1) is 13.8 Å². The summed E-state index contributed by atoms with van der Waals surface area (Å²) >= 11 is 0. The summed E-state index contributed by atoms with van der Waals surface area (Å²) in [5.41, 5.74) is 3.57. The Morgan fingerprint density at radius 3 is 2.65 bits per heavy atom. The SMILES string of the molecule is Cc1nc2ccccc2c(C)c1CC(=O)NC1(CO)CCCC1. The first kappa shape index (κ1) is 15.9. The van der Waals surface area contributed by atoms with Crippen molar-refractivity contribution in [2.75, 3.05) is 6.61 Å². The highest BCUT2D eigenvalue weighted by molar-refractivity contribution is 5.86. The number of benzene rings is 1. The maximum atomic E-state index is 12.5. The lowest BCUT2D eigenvalue weighted by Gasteiger charge is -2.28. The van der Waals surface area contributed by atoms with Crippen LogP contribution in [0.15, 0.2) is 24.3 Å². The number of amides is 1. The molecule has 23 heavy (non-hydrogen) atoms. The summed E-state index contributed by atoms with van der Waals surface area (Å²) in [5, 5.41) is 13.8. The van der Waals surface area contributed by atoms with Crippen molar-refractivity contribution >= 4 is 16.8 Å². The second kappa shape index (κ2) is 6.28. The van der Waals surface area contributed by atoms with Gasteiger partial charge in [-0.3, -0.25) is 9.78 Å². The maximum Gasteiger partial charge on any atom is 0.225 e. The van der Waals surface area contributed by atoms with Gasteiger partial charge < -0.3 is 10.4 Å². The van der Waals surface area contributed by atoms with Crippen molar-refractivity contribution in [3.63, 3.8) is 0 Å². The van der Waals surface area contributed by atoms with Crippen molar-refractivity contribution < 1.29 is 9.90 Å². The molecule has 4 heteroatoms. The molecule has 0 atom stereocenters. The number of aliphatic hydroxyl groups is 1. The number of fused-ring (bicyclic) bond motifs is 1. The molecule has 122 valence electrons. The van der Waals surface area contributed by atoms with Gasteiger partial charge in [0, 0.05) is 11.1 Å². The van der Waals surface area contributed by atoms with Gasteiger partial charge in [-0.15, -0.1) is 0 Å². The van der Waals surface area contributed by atoms with Crippen LogP contribution in [0.3, 0.4) is 0 Å². The number of aliphatic hydroxyl groups excluding tert-OH is 1. The van der Waals surface area contributed by atoms with Crippen LogP contribution >= 0.6 is 0 Å². The van der Waals surface area contributed by atoms with E-state index >= 15 is 0 Å². The van der Waals surface area contributed by atoms with Gasteiger partial charge in [0.1, 0.15) is 0 Å². The fourth-order valence-electron chi connectivity index (χ4n) is 3.71. The molecule has 2 N–H and O–H groups in total. The molecule has 1 amide bonds. The van der Waals surface area contributed by atoms with Gasteiger partial charge in [-0.1, -0.05) is 31.0 Å². The summed E-state index contributed by atoms with van der Waals surface area (Å²) in [6, 6.07) is 8.02. The smallest absolute Gasteiger partial charge is 0.225 e. The fourth-order valence-corrected chi connectivity index (χ4v) is 3.71. The summed E-state index contributed by atoms with van der Waals surface area (Å²) in [7, 11) is 0. The Bertz CT molecular complexity index is 733. The van der Waals surface area contributed by atoms with E-state index in [9.17, 15) is 9.90 Å². The van der Waals surface area contributed by atoms with Crippen LogP contribution in [-0.2, 0) is 11.2 Å². The van der Waals surface area contributed by atoms with Gasteiger partial charge in [-0.25, -0.2) is 0 Å². The van der Waals surface area contributed by atoms with Gasteiger partial charge in [-0.2, -0.15) is 0 Å². The first-order valence-corrected chi connectivity index (χ1v) is 8.31. The standard InChI is InChI=1S/C19H24N2O2/c1-13-15-7-3-4-8-17(15)20-14(2)16(13)11-18(23)21-19(12-22)9-5-6-10-19/h3-4,7-8,22H,5-6,9-12H2,1-2H3,(H,21,23). The molecule has 1 aromatic carbocycles. The van der Waals surface area contributed by atoms with Gasteiger partial charge in [0.25, 0.3) is 0 Å². The van der Waals surface area contributed by atoms with Gasteiger partial charge in [0.2, 0.25) is 5.91 Å². The molecular weight excluding hydrogens is 288 g/mol. The van der Waals surface area contributed by atoms with Crippen molar-refractivity contribution in [3.05, 3.63) is 41.1 Å². The van der Waals surface area contributed by atoms with Crippen LogP contribution in [-0.4, -0.2) is 28.1 Å². The average molecular weight is 312 g/mol. The maximum absolute atomic E-state index is 12.5. The molecule has 1 aliphatic rings. The van der Waals surface area contributed by atoms with Gasteiger partial charge in [-0.05, 0) is 43.9 Å². The lowest BCUT2D eigenvalue weighted by Crippen LogP contribution is -2.49. The number of carbonyl (C=O) groups excluding carboxylic acids is 1. The fraction of sp³-hybridized carbons (Fsp3) is 0.474. The van der Waals surface area contributed by atoms with Crippen LogP contribution in [0.1, 0.15) is 42.5 Å². The third kappa shape index (κ3) is 3.08. The molecule has 0 aliphatic heterocycles. The lowest BCUT2D eigenvalue weighted by molar-refractivity contribution is -0.122. The van der Waals surface area contributed by atoms with Crippen LogP contribution < -0.4 is 5.32 Å². The van der Waals surface area contributed by atoms with Crippen molar-refractivity contribution in [2.24, 2.45) is 0 Å². The second-order valence-electron chi connectivity index (χ2n) is 6.69. The molecule has 1 heterocycles. The number of aryl methyl sites for hydroxylation is 2. The van der Waals surface area contributed by atoms with Crippen molar-refractivity contribution in [2.45, 2.75) is 51.5 Å². The molecular formula is C19H24N2O2.